The first-order valence-electron chi connectivity index (χ1n) is 6.79. The third-order valence-electron chi connectivity index (χ3n) is 2.95. The van der Waals surface area contributed by atoms with Crippen molar-refractivity contribution in [1.29, 1.82) is 0 Å². The number of hydrogen-bond donors (Lipinski definition) is 1. The average molecular weight is 305 g/mol. The molecule has 0 fully saturated rings. The van der Waals surface area contributed by atoms with Crippen molar-refractivity contribution < 1.29 is 4.79 Å². The highest BCUT2D eigenvalue weighted by atomic mass is 32.1. The molecule has 0 saturated carbocycles. The summed E-state index contributed by atoms with van der Waals surface area (Å²) in [5.74, 6) is -0.204. The number of aryl methyl sites for hydroxylation is 1. The molecule has 21 heavy (non-hydrogen) atoms. The first-order chi connectivity index (χ1) is 9.81. The minimum atomic E-state index is -0.204. The van der Waals surface area contributed by atoms with Crippen molar-refractivity contribution in [1.82, 2.24) is 9.55 Å². The lowest BCUT2D eigenvalue weighted by molar-refractivity contribution is 0.103. The number of amides is 1. The van der Waals surface area contributed by atoms with Crippen molar-refractivity contribution in [3.8, 4) is 0 Å². The van der Waals surface area contributed by atoms with E-state index >= 15 is 0 Å². The van der Waals surface area contributed by atoms with Gasteiger partial charge in [0.2, 0.25) is 0 Å². The van der Waals surface area contributed by atoms with Gasteiger partial charge in [-0.3, -0.25) is 9.59 Å². The van der Waals surface area contributed by atoms with Crippen LogP contribution >= 0.6 is 11.3 Å². The highest BCUT2D eigenvalue weighted by molar-refractivity contribution is 7.13. The molecule has 1 amide bonds. The lowest BCUT2D eigenvalue weighted by atomic mass is 9.98. The number of anilines is 1. The summed E-state index contributed by atoms with van der Waals surface area (Å²) in [6, 6.07) is 3.06. The van der Waals surface area contributed by atoms with Crippen LogP contribution in [0.1, 0.15) is 42.4 Å². The van der Waals surface area contributed by atoms with Gasteiger partial charge < -0.3 is 9.88 Å². The van der Waals surface area contributed by atoms with Gasteiger partial charge in [0.1, 0.15) is 4.88 Å². The maximum absolute atomic E-state index is 12.2. The summed E-state index contributed by atoms with van der Waals surface area (Å²) in [6.45, 7) is 8.63. The molecule has 0 aliphatic carbocycles. The van der Waals surface area contributed by atoms with Crippen LogP contribution < -0.4 is 10.9 Å². The third-order valence-corrected chi connectivity index (χ3v) is 4.37. The second-order valence-electron chi connectivity index (χ2n) is 5.78. The van der Waals surface area contributed by atoms with Crippen LogP contribution in [0.2, 0.25) is 0 Å². The number of aromatic nitrogens is 2. The fraction of sp³-hybridized carbons (Fsp3) is 0.400. The monoisotopic (exact) mass is 305 g/mol. The fourth-order valence-electron chi connectivity index (χ4n) is 1.77. The molecule has 0 unspecified atom stereocenters. The Kier molecular flexibility index (Phi) is 4.27. The van der Waals surface area contributed by atoms with Crippen molar-refractivity contribution in [3.63, 3.8) is 0 Å². The summed E-state index contributed by atoms with van der Waals surface area (Å²) in [4.78, 5) is 28.6. The molecule has 6 heteroatoms. The van der Waals surface area contributed by atoms with E-state index in [0.717, 1.165) is 5.01 Å². The van der Waals surface area contributed by atoms with Crippen LogP contribution in [-0.2, 0) is 12.0 Å². The lowest BCUT2D eigenvalue weighted by Crippen LogP contribution is -2.19. The largest absolute Gasteiger partial charge is 0.320 e. The van der Waals surface area contributed by atoms with Crippen LogP contribution in [0.5, 0.6) is 0 Å². The summed E-state index contributed by atoms with van der Waals surface area (Å²) in [5, 5.41) is 3.72. The summed E-state index contributed by atoms with van der Waals surface area (Å²) in [6.07, 6.45) is 3.24. The first kappa shape index (κ1) is 15.4. The van der Waals surface area contributed by atoms with Crippen LogP contribution in [0.15, 0.2) is 29.3 Å². The Labute approximate surface area is 127 Å². The van der Waals surface area contributed by atoms with Crippen LogP contribution in [-0.4, -0.2) is 15.5 Å². The predicted molar refractivity (Wildman–Crippen MR) is 85.1 cm³/mol. The van der Waals surface area contributed by atoms with Gasteiger partial charge in [-0.2, -0.15) is 0 Å². The van der Waals surface area contributed by atoms with E-state index in [2.05, 4.69) is 31.1 Å². The number of carbonyl (C=O) groups excluding carboxylic acids is 1. The van der Waals surface area contributed by atoms with Crippen LogP contribution in [0.25, 0.3) is 0 Å². The van der Waals surface area contributed by atoms with Crippen LogP contribution in [0.4, 0.5) is 5.69 Å². The molecular formula is C15H19N3O2S. The van der Waals surface area contributed by atoms with Crippen LogP contribution in [0, 0.1) is 0 Å². The Balaban J connectivity index is 2.18. The number of rotatable bonds is 3. The van der Waals surface area contributed by atoms with E-state index in [0.29, 0.717) is 17.1 Å². The molecule has 0 aliphatic rings. The molecule has 0 spiro atoms. The standard InChI is InChI=1S/C15H19N3O2S/c1-5-18-9-10(6-7-12(18)19)17-13(20)11-8-16-14(21-11)15(2,3)4/h6-9H,5H2,1-4H3,(H,17,20). The Morgan fingerprint density at radius 2 is 2.10 bits per heavy atom. The third kappa shape index (κ3) is 3.58. The lowest BCUT2D eigenvalue weighted by Gasteiger charge is -2.13. The van der Waals surface area contributed by atoms with Gasteiger partial charge in [0.15, 0.2) is 0 Å². The molecule has 0 saturated heterocycles. The quantitative estimate of drug-likeness (QED) is 0.948. The van der Waals surface area contributed by atoms with Gasteiger partial charge in [0.25, 0.3) is 11.5 Å². The molecule has 2 rings (SSSR count). The van der Waals surface area contributed by atoms with E-state index in [1.165, 1.54) is 17.4 Å². The molecule has 112 valence electrons. The Bertz CT molecular complexity index is 710. The smallest absolute Gasteiger partial charge is 0.267 e. The van der Waals surface area contributed by atoms with Crippen molar-refractivity contribution in [2.45, 2.75) is 39.7 Å². The second-order valence-corrected chi connectivity index (χ2v) is 6.81. The Hall–Kier alpha value is -1.95. The SMILES string of the molecule is CCn1cc(NC(=O)c2cnc(C(C)(C)C)s2)ccc1=O. The van der Waals surface area contributed by atoms with E-state index in [9.17, 15) is 9.59 Å². The molecule has 0 aromatic carbocycles. The first-order valence-corrected chi connectivity index (χ1v) is 7.61. The number of carbonyl (C=O) groups is 1. The fourth-order valence-corrected chi connectivity index (χ4v) is 2.64. The van der Waals surface area contributed by atoms with Gasteiger partial charge in [-0.25, -0.2) is 4.98 Å². The summed E-state index contributed by atoms with van der Waals surface area (Å²) in [7, 11) is 0. The molecule has 0 radical (unpaired) electrons. The van der Waals surface area contributed by atoms with Gasteiger partial charge >= 0.3 is 0 Å². The number of nitrogens with zero attached hydrogens (tertiary/aromatic N) is 2. The topological polar surface area (TPSA) is 64.0 Å². The average Bonchev–Trinajstić information content (AvgIpc) is 2.90. The van der Waals surface area contributed by atoms with Crippen molar-refractivity contribution in [2.75, 3.05) is 5.32 Å². The molecule has 2 aromatic heterocycles. The highest BCUT2D eigenvalue weighted by Gasteiger charge is 2.20. The molecule has 0 atom stereocenters. The maximum Gasteiger partial charge on any atom is 0.267 e. The number of thiazole rings is 1. The van der Waals surface area contributed by atoms with E-state index in [1.54, 1.807) is 23.0 Å². The van der Waals surface area contributed by atoms with E-state index in [-0.39, 0.29) is 16.9 Å². The zero-order valence-corrected chi connectivity index (χ0v) is 13.5. The van der Waals surface area contributed by atoms with Crippen molar-refractivity contribution in [2.24, 2.45) is 0 Å². The van der Waals surface area contributed by atoms with E-state index in [4.69, 9.17) is 0 Å². The summed E-state index contributed by atoms with van der Waals surface area (Å²) < 4.78 is 1.54. The van der Waals surface area contributed by atoms with E-state index in [1.807, 2.05) is 6.92 Å². The number of pyridine rings is 1. The minimum Gasteiger partial charge on any atom is -0.320 e. The molecule has 0 bridgehead atoms. The molecule has 2 aromatic rings. The Morgan fingerprint density at radius 3 is 2.67 bits per heavy atom. The van der Waals surface area contributed by atoms with Crippen molar-refractivity contribution >= 4 is 22.9 Å². The highest BCUT2D eigenvalue weighted by Crippen LogP contribution is 2.27. The van der Waals surface area contributed by atoms with Crippen LogP contribution in [0.3, 0.4) is 0 Å². The molecule has 1 N–H and O–H groups in total. The predicted octanol–water partition coefficient (Wildman–Crippen LogP) is 2.87. The molecule has 2 heterocycles. The summed E-state index contributed by atoms with van der Waals surface area (Å²) in [5.41, 5.74) is 0.453. The van der Waals surface area contributed by atoms with Gasteiger partial charge in [-0.1, -0.05) is 20.8 Å². The van der Waals surface area contributed by atoms with Crippen molar-refractivity contribution in [3.05, 3.63) is 44.8 Å². The van der Waals surface area contributed by atoms with E-state index < -0.39 is 0 Å². The zero-order valence-electron chi connectivity index (χ0n) is 12.6. The molecule has 5 nitrogen and oxygen atoms in total. The maximum atomic E-state index is 12.2. The second kappa shape index (κ2) is 5.81. The molecule has 0 aliphatic heterocycles. The minimum absolute atomic E-state index is 0.0708. The van der Waals surface area contributed by atoms with Gasteiger partial charge in [0.05, 0.1) is 16.9 Å². The normalized spacial score (nSPS) is 11.4. The number of nitrogens with one attached hydrogen (secondary N) is 1. The van der Waals surface area contributed by atoms with Gasteiger partial charge in [0, 0.05) is 24.2 Å². The van der Waals surface area contributed by atoms with Gasteiger partial charge in [-0.05, 0) is 13.0 Å². The molecular weight excluding hydrogens is 286 g/mol. The number of hydrogen-bond acceptors (Lipinski definition) is 4. The summed E-state index contributed by atoms with van der Waals surface area (Å²) >= 11 is 1.39. The zero-order chi connectivity index (χ0) is 15.6. The Morgan fingerprint density at radius 1 is 1.38 bits per heavy atom. The van der Waals surface area contributed by atoms with Gasteiger partial charge in [-0.15, -0.1) is 11.3 Å².